The third-order valence-corrected chi connectivity index (χ3v) is 5.40. The van der Waals surface area contributed by atoms with Crippen molar-refractivity contribution in [1.29, 1.82) is 0 Å². The molecule has 2 N–H and O–H groups in total. The molecule has 32 heavy (non-hydrogen) atoms. The van der Waals surface area contributed by atoms with E-state index in [1.807, 2.05) is 39.8 Å². The van der Waals surface area contributed by atoms with Crippen LogP contribution in [0.15, 0.2) is 36.5 Å². The van der Waals surface area contributed by atoms with E-state index in [0.717, 1.165) is 36.5 Å². The fourth-order valence-electron chi connectivity index (χ4n) is 3.53. The summed E-state index contributed by atoms with van der Waals surface area (Å²) in [6.45, 7) is 11.9. The second-order valence-electron chi connectivity index (χ2n) is 8.45. The van der Waals surface area contributed by atoms with Crippen LogP contribution < -0.4 is 10.6 Å². The molecule has 8 nitrogen and oxygen atoms in total. The van der Waals surface area contributed by atoms with Crippen molar-refractivity contribution in [3.05, 3.63) is 58.9 Å². The molecule has 172 valence electrons. The first-order chi connectivity index (χ1) is 15.3. The summed E-state index contributed by atoms with van der Waals surface area (Å²) in [5.74, 6) is 0. The molecule has 0 radical (unpaired) electrons. The predicted molar refractivity (Wildman–Crippen MR) is 124 cm³/mol. The minimum Gasteiger partial charge on any atom is -0.447 e. The van der Waals surface area contributed by atoms with Crippen LogP contribution in [-0.2, 0) is 17.8 Å². The molecule has 2 heterocycles. The van der Waals surface area contributed by atoms with Gasteiger partial charge in [-0.1, -0.05) is 18.2 Å². The van der Waals surface area contributed by atoms with Crippen LogP contribution >= 0.6 is 0 Å². The van der Waals surface area contributed by atoms with Gasteiger partial charge >= 0.3 is 12.1 Å². The highest BCUT2D eigenvalue weighted by atomic mass is 16.6. The van der Waals surface area contributed by atoms with Crippen molar-refractivity contribution in [2.24, 2.45) is 0 Å². The Morgan fingerprint density at radius 3 is 2.50 bits per heavy atom. The van der Waals surface area contributed by atoms with Gasteiger partial charge in [-0.05, 0) is 56.5 Å². The van der Waals surface area contributed by atoms with Crippen LogP contribution in [0.4, 0.5) is 15.3 Å². The van der Waals surface area contributed by atoms with Gasteiger partial charge in [0, 0.05) is 45.0 Å². The van der Waals surface area contributed by atoms with Gasteiger partial charge in [0.05, 0.1) is 18.0 Å². The van der Waals surface area contributed by atoms with Gasteiger partial charge in [-0.3, -0.25) is 9.88 Å². The van der Waals surface area contributed by atoms with E-state index in [4.69, 9.17) is 4.74 Å². The number of amides is 3. The average molecular weight is 440 g/mol. The van der Waals surface area contributed by atoms with Crippen LogP contribution in [0.2, 0.25) is 0 Å². The SMILES string of the molecule is Cc1ccc(NC(=O)NCc2cc(CN3CCN(C(=O)OC(C)C)CC3)ccc2C)cn1. The Bertz CT molecular complexity index is 922. The highest BCUT2D eigenvalue weighted by molar-refractivity contribution is 5.88. The number of anilines is 1. The molecule has 0 spiro atoms. The average Bonchev–Trinajstić information content (AvgIpc) is 2.76. The molecule has 8 heteroatoms. The fourth-order valence-corrected chi connectivity index (χ4v) is 3.53. The van der Waals surface area contributed by atoms with E-state index in [1.165, 1.54) is 5.56 Å². The molecule has 0 atom stereocenters. The van der Waals surface area contributed by atoms with E-state index in [0.29, 0.717) is 25.3 Å². The minimum absolute atomic E-state index is 0.101. The molecule has 1 fully saturated rings. The molecule has 1 saturated heterocycles. The summed E-state index contributed by atoms with van der Waals surface area (Å²) >= 11 is 0. The number of aromatic nitrogens is 1. The van der Waals surface area contributed by atoms with E-state index in [2.05, 4.69) is 38.7 Å². The zero-order valence-electron chi connectivity index (χ0n) is 19.4. The first-order valence-corrected chi connectivity index (χ1v) is 11.0. The second-order valence-corrected chi connectivity index (χ2v) is 8.45. The van der Waals surface area contributed by atoms with Crippen LogP contribution in [0.5, 0.6) is 0 Å². The van der Waals surface area contributed by atoms with Gasteiger partial charge in [-0.2, -0.15) is 0 Å². The molecule has 2 aromatic rings. The maximum atomic E-state index is 12.2. The summed E-state index contributed by atoms with van der Waals surface area (Å²) in [7, 11) is 0. The number of aryl methyl sites for hydroxylation is 2. The smallest absolute Gasteiger partial charge is 0.410 e. The van der Waals surface area contributed by atoms with Crippen LogP contribution in [0, 0.1) is 13.8 Å². The lowest BCUT2D eigenvalue weighted by Crippen LogP contribution is -2.48. The number of pyridine rings is 1. The van der Waals surface area contributed by atoms with Crippen molar-refractivity contribution in [1.82, 2.24) is 20.1 Å². The monoisotopic (exact) mass is 439 g/mol. The highest BCUT2D eigenvalue weighted by Gasteiger charge is 2.22. The molecule has 0 aliphatic carbocycles. The first-order valence-electron chi connectivity index (χ1n) is 11.0. The Labute approximate surface area is 190 Å². The van der Waals surface area contributed by atoms with Gasteiger partial charge in [0.15, 0.2) is 0 Å². The van der Waals surface area contributed by atoms with Gasteiger partial charge in [0.1, 0.15) is 0 Å². The minimum atomic E-state index is -0.259. The summed E-state index contributed by atoms with van der Waals surface area (Å²) in [5.41, 5.74) is 4.97. The van der Waals surface area contributed by atoms with E-state index in [9.17, 15) is 9.59 Å². The van der Waals surface area contributed by atoms with Gasteiger partial charge in [-0.25, -0.2) is 9.59 Å². The summed E-state index contributed by atoms with van der Waals surface area (Å²) in [5, 5.41) is 5.72. The van der Waals surface area contributed by atoms with Gasteiger partial charge in [0.25, 0.3) is 0 Å². The predicted octanol–water partition coefficient (Wildman–Crippen LogP) is 3.68. The number of ether oxygens (including phenoxy) is 1. The third-order valence-electron chi connectivity index (χ3n) is 5.40. The Balaban J connectivity index is 1.49. The number of urea groups is 1. The van der Waals surface area contributed by atoms with Crippen LogP contribution in [0.25, 0.3) is 0 Å². The summed E-state index contributed by atoms with van der Waals surface area (Å²) in [6.07, 6.45) is 1.31. The molecular formula is C24H33N5O3. The maximum absolute atomic E-state index is 12.2. The first kappa shape index (κ1) is 23.5. The maximum Gasteiger partial charge on any atom is 0.410 e. The number of rotatable bonds is 6. The lowest BCUT2D eigenvalue weighted by Gasteiger charge is -2.34. The Morgan fingerprint density at radius 2 is 1.84 bits per heavy atom. The largest absolute Gasteiger partial charge is 0.447 e. The molecule has 1 aliphatic rings. The van der Waals surface area contributed by atoms with Crippen molar-refractivity contribution in [3.8, 4) is 0 Å². The number of carbonyl (C=O) groups is 2. The fraction of sp³-hybridized carbons (Fsp3) is 0.458. The molecule has 3 amide bonds. The summed E-state index contributed by atoms with van der Waals surface area (Å²) < 4.78 is 5.29. The molecule has 1 aromatic heterocycles. The van der Waals surface area contributed by atoms with Crippen molar-refractivity contribution < 1.29 is 14.3 Å². The van der Waals surface area contributed by atoms with Gasteiger partial charge in [0.2, 0.25) is 0 Å². The van der Waals surface area contributed by atoms with E-state index in [-0.39, 0.29) is 18.2 Å². The van der Waals surface area contributed by atoms with E-state index >= 15 is 0 Å². The van der Waals surface area contributed by atoms with Crippen molar-refractivity contribution in [2.75, 3.05) is 31.5 Å². The Kier molecular flexibility index (Phi) is 8.05. The Hall–Kier alpha value is -3.13. The number of nitrogens with one attached hydrogen (secondary N) is 2. The lowest BCUT2D eigenvalue weighted by molar-refractivity contribution is 0.0559. The normalized spacial score (nSPS) is 14.3. The van der Waals surface area contributed by atoms with Gasteiger partial charge in [-0.15, -0.1) is 0 Å². The molecule has 3 rings (SSSR count). The number of hydrogen-bond donors (Lipinski definition) is 2. The number of nitrogens with zero attached hydrogens (tertiary/aromatic N) is 3. The number of benzene rings is 1. The van der Waals surface area contributed by atoms with E-state index in [1.54, 1.807) is 11.1 Å². The summed E-state index contributed by atoms with van der Waals surface area (Å²) in [6, 6.07) is 9.78. The van der Waals surface area contributed by atoms with Crippen LogP contribution in [0.3, 0.4) is 0 Å². The number of hydrogen-bond acceptors (Lipinski definition) is 5. The highest BCUT2D eigenvalue weighted by Crippen LogP contribution is 2.15. The molecule has 1 aliphatic heterocycles. The lowest BCUT2D eigenvalue weighted by atomic mass is 10.0. The molecule has 0 unspecified atom stereocenters. The van der Waals surface area contributed by atoms with Crippen molar-refractivity contribution in [3.63, 3.8) is 0 Å². The topological polar surface area (TPSA) is 86.8 Å². The van der Waals surface area contributed by atoms with Crippen LogP contribution in [0.1, 0.15) is 36.2 Å². The number of piperazine rings is 1. The molecular weight excluding hydrogens is 406 g/mol. The van der Waals surface area contributed by atoms with E-state index < -0.39 is 0 Å². The third kappa shape index (κ3) is 6.95. The van der Waals surface area contributed by atoms with Crippen molar-refractivity contribution >= 4 is 17.8 Å². The molecule has 0 bridgehead atoms. The molecule has 0 saturated carbocycles. The van der Waals surface area contributed by atoms with Crippen molar-refractivity contribution in [2.45, 2.75) is 46.9 Å². The second kappa shape index (κ2) is 10.9. The molecule has 1 aromatic carbocycles. The zero-order chi connectivity index (χ0) is 23.1. The quantitative estimate of drug-likeness (QED) is 0.717. The van der Waals surface area contributed by atoms with Crippen LogP contribution in [-0.4, -0.2) is 59.2 Å². The standard InChI is InChI=1S/C24H33N5O3/c1-17(2)32-24(31)29-11-9-28(10-12-29)16-20-7-5-18(3)21(13-20)14-26-23(30)27-22-8-6-19(4)25-15-22/h5-8,13,15,17H,9-12,14,16H2,1-4H3,(H2,26,27,30). The number of carbonyl (C=O) groups excluding carboxylic acids is 2. The summed E-state index contributed by atoms with van der Waals surface area (Å²) in [4.78, 5) is 32.6. The Morgan fingerprint density at radius 1 is 1.09 bits per heavy atom. The zero-order valence-corrected chi connectivity index (χ0v) is 19.4. The van der Waals surface area contributed by atoms with Gasteiger partial charge < -0.3 is 20.3 Å².